The maximum Gasteiger partial charge on any atom is 0.326 e. The van der Waals surface area contributed by atoms with Crippen LogP contribution in [-0.4, -0.2) is 35.0 Å². The number of carboxylic acid groups (broad SMARTS) is 1. The molecule has 0 aromatic heterocycles. The molecule has 0 saturated carbocycles. The lowest BCUT2D eigenvalue weighted by Gasteiger charge is -2.25. The number of nitrogens with zero attached hydrogens (tertiary/aromatic N) is 1. The Balaban J connectivity index is 1.77. The normalized spacial score (nSPS) is 16.7. The lowest BCUT2D eigenvalue weighted by atomic mass is 10.0. The van der Waals surface area contributed by atoms with Crippen LogP contribution in [0.4, 0.5) is 5.69 Å². The van der Waals surface area contributed by atoms with E-state index in [-0.39, 0.29) is 12.3 Å². The first-order chi connectivity index (χ1) is 12.5. The molecule has 0 spiro atoms. The first-order valence-corrected chi connectivity index (χ1v) is 8.42. The Morgan fingerprint density at radius 3 is 2.42 bits per heavy atom. The van der Waals surface area contributed by atoms with Gasteiger partial charge in [-0.25, -0.2) is 4.79 Å². The zero-order valence-corrected chi connectivity index (χ0v) is 14.4. The number of fused-ring (bicyclic) bond motifs is 1. The topological polar surface area (TPSA) is 86.7 Å². The van der Waals surface area contributed by atoms with Crippen LogP contribution in [0.25, 0.3) is 0 Å². The lowest BCUT2D eigenvalue weighted by Crippen LogP contribution is -2.52. The molecule has 0 bridgehead atoms. The molecule has 2 N–H and O–H groups in total. The van der Waals surface area contributed by atoms with E-state index < -0.39 is 24.0 Å². The summed E-state index contributed by atoms with van der Waals surface area (Å²) in [7, 11) is 0. The standard InChI is InChI=1S/C20H20N2O4/c1-13(23)22-17-10-6-5-9-15(17)12-18(22)19(24)21-16(20(25)26)11-14-7-3-2-4-8-14/h2-10,16,18H,11-12H2,1H3,(H,21,24)(H,25,26)/t16-,18+/m1/s1. The van der Waals surface area contributed by atoms with Gasteiger partial charge in [0.15, 0.2) is 0 Å². The van der Waals surface area contributed by atoms with Crippen LogP contribution in [0, 0.1) is 0 Å². The number of anilines is 1. The van der Waals surface area contributed by atoms with E-state index in [1.165, 1.54) is 11.8 Å². The van der Waals surface area contributed by atoms with Gasteiger partial charge in [-0.3, -0.25) is 14.5 Å². The van der Waals surface area contributed by atoms with Crippen molar-refractivity contribution >= 4 is 23.5 Å². The average Bonchev–Trinajstić information content (AvgIpc) is 3.01. The van der Waals surface area contributed by atoms with E-state index in [0.717, 1.165) is 11.1 Å². The number of carbonyl (C=O) groups excluding carboxylic acids is 2. The van der Waals surface area contributed by atoms with Gasteiger partial charge in [-0.15, -0.1) is 0 Å². The first kappa shape index (κ1) is 17.7. The highest BCUT2D eigenvalue weighted by Gasteiger charge is 2.38. The number of nitrogens with one attached hydrogen (secondary N) is 1. The summed E-state index contributed by atoms with van der Waals surface area (Å²) in [6, 6.07) is 14.7. The molecule has 6 nitrogen and oxygen atoms in total. The lowest BCUT2D eigenvalue weighted by molar-refractivity contribution is -0.142. The molecule has 2 atom stereocenters. The number of carboxylic acids is 1. The Morgan fingerprint density at radius 2 is 1.77 bits per heavy atom. The number of rotatable bonds is 5. The van der Waals surface area contributed by atoms with Gasteiger partial charge in [0, 0.05) is 25.5 Å². The summed E-state index contributed by atoms with van der Waals surface area (Å²) in [5, 5.41) is 12.1. The predicted octanol–water partition coefficient (Wildman–Crippen LogP) is 1.78. The van der Waals surface area contributed by atoms with Crippen LogP contribution in [0.1, 0.15) is 18.1 Å². The molecule has 2 aromatic rings. The fourth-order valence-corrected chi connectivity index (χ4v) is 3.30. The third-order valence-corrected chi connectivity index (χ3v) is 4.52. The van der Waals surface area contributed by atoms with Gasteiger partial charge in [-0.1, -0.05) is 48.5 Å². The van der Waals surface area contributed by atoms with Gasteiger partial charge in [0.2, 0.25) is 11.8 Å². The summed E-state index contributed by atoms with van der Waals surface area (Å²) in [5.74, 6) is -1.81. The maximum atomic E-state index is 12.8. The van der Waals surface area contributed by atoms with Gasteiger partial charge in [-0.05, 0) is 17.2 Å². The molecule has 2 aromatic carbocycles. The second kappa shape index (κ2) is 7.39. The molecule has 26 heavy (non-hydrogen) atoms. The predicted molar refractivity (Wildman–Crippen MR) is 96.8 cm³/mol. The first-order valence-electron chi connectivity index (χ1n) is 8.42. The smallest absolute Gasteiger partial charge is 0.326 e. The van der Waals surface area contributed by atoms with E-state index in [1.807, 2.05) is 48.5 Å². The number of hydrogen-bond acceptors (Lipinski definition) is 3. The number of carbonyl (C=O) groups is 3. The number of benzene rings is 2. The molecule has 0 unspecified atom stereocenters. The fourth-order valence-electron chi connectivity index (χ4n) is 3.30. The van der Waals surface area contributed by atoms with E-state index in [4.69, 9.17) is 0 Å². The number of para-hydroxylation sites is 1. The minimum atomic E-state index is -1.10. The van der Waals surface area contributed by atoms with Gasteiger partial charge in [-0.2, -0.15) is 0 Å². The average molecular weight is 352 g/mol. The van der Waals surface area contributed by atoms with Crippen LogP contribution in [0.2, 0.25) is 0 Å². The zero-order chi connectivity index (χ0) is 18.7. The SMILES string of the molecule is CC(=O)N1c2ccccc2C[C@H]1C(=O)N[C@H](Cc1ccccc1)C(=O)O. The van der Waals surface area contributed by atoms with E-state index >= 15 is 0 Å². The molecular formula is C20H20N2O4. The van der Waals surface area contributed by atoms with Gasteiger partial charge in [0.05, 0.1) is 0 Å². The van der Waals surface area contributed by atoms with Gasteiger partial charge in [0.1, 0.15) is 12.1 Å². The molecule has 0 aliphatic carbocycles. The van der Waals surface area contributed by atoms with Gasteiger partial charge >= 0.3 is 5.97 Å². The molecule has 0 radical (unpaired) electrons. The minimum Gasteiger partial charge on any atom is -0.480 e. The van der Waals surface area contributed by atoms with E-state index in [1.54, 1.807) is 6.07 Å². The van der Waals surface area contributed by atoms with Crippen molar-refractivity contribution in [2.75, 3.05) is 4.90 Å². The Kier molecular flexibility index (Phi) is 5.02. The van der Waals surface area contributed by atoms with Gasteiger partial charge < -0.3 is 10.4 Å². The maximum absolute atomic E-state index is 12.8. The molecule has 134 valence electrons. The summed E-state index contributed by atoms with van der Waals surface area (Å²) >= 11 is 0. The number of aliphatic carboxylic acids is 1. The van der Waals surface area contributed by atoms with Crippen molar-refractivity contribution in [1.82, 2.24) is 5.32 Å². The van der Waals surface area contributed by atoms with Crippen LogP contribution in [0.3, 0.4) is 0 Å². The van der Waals surface area contributed by atoms with Crippen molar-refractivity contribution in [2.24, 2.45) is 0 Å². The molecule has 6 heteroatoms. The zero-order valence-electron chi connectivity index (χ0n) is 14.4. The van der Waals surface area contributed by atoms with Crippen LogP contribution in [0.15, 0.2) is 54.6 Å². The molecule has 2 amide bonds. The molecular weight excluding hydrogens is 332 g/mol. The summed E-state index contributed by atoms with van der Waals surface area (Å²) < 4.78 is 0. The van der Waals surface area contributed by atoms with E-state index in [0.29, 0.717) is 12.1 Å². The second-order valence-electron chi connectivity index (χ2n) is 6.33. The molecule has 1 aliphatic rings. The Morgan fingerprint density at radius 1 is 1.12 bits per heavy atom. The summed E-state index contributed by atoms with van der Waals surface area (Å²) in [4.78, 5) is 37.9. The summed E-state index contributed by atoms with van der Waals surface area (Å²) in [6.07, 6.45) is 0.556. The van der Waals surface area contributed by atoms with Crippen molar-refractivity contribution in [2.45, 2.75) is 31.8 Å². The highest BCUT2D eigenvalue weighted by atomic mass is 16.4. The monoisotopic (exact) mass is 352 g/mol. The van der Waals surface area contributed by atoms with Crippen LogP contribution < -0.4 is 10.2 Å². The highest BCUT2D eigenvalue weighted by Crippen LogP contribution is 2.32. The van der Waals surface area contributed by atoms with Crippen molar-refractivity contribution in [3.8, 4) is 0 Å². The third kappa shape index (κ3) is 3.59. The number of amides is 2. The minimum absolute atomic E-state index is 0.182. The molecule has 3 rings (SSSR count). The largest absolute Gasteiger partial charge is 0.480 e. The second-order valence-corrected chi connectivity index (χ2v) is 6.33. The van der Waals surface area contributed by atoms with Crippen molar-refractivity contribution in [3.05, 3.63) is 65.7 Å². The quantitative estimate of drug-likeness (QED) is 0.859. The fraction of sp³-hybridized carbons (Fsp3) is 0.250. The highest BCUT2D eigenvalue weighted by molar-refractivity contribution is 6.03. The molecule has 1 heterocycles. The summed E-state index contributed by atoms with van der Waals surface area (Å²) in [6.45, 7) is 1.40. The van der Waals surface area contributed by atoms with Crippen molar-refractivity contribution in [1.29, 1.82) is 0 Å². The Bertz CT molecular complexity index is 835. The summed E-state index contributed by atoms with van der Waals surface area (Å²) in [5.41, 5.74) is 2.42. The molecule has 0 fully saturated rings. The van der Waals surface area contributed by atoms with E-state index in [9.17, 15) is 19.5 Å². The van der Waals surface area contributed by atoms with Crippen LogP contribution in [-0.2, 0) is 27.2 Å². The number of hydrogen-bond donors (Lipinski definition) is 2. The molecule has 0 saturated heterocycles. The van der Waals surface area contributed by atoms with Gasteiger partial charge in [0.25, 0.3) is 0 Å². The van der Waals surface area contributed by atoms with Crippen LogP contribution >= 0.6 is 0 Å². The Hall–Kier alpha value is -3.15. The van der Waals surface area contributed by atoms with Crippen molar-refractivity contribution < 1.29 is 19.5 Å². The Labute approximate surface area is 151 Å². The van der Waals surface area contributed by atoms with Crippen molar-refractivity contribution in [3.63, 3.8) is 0 Å². The third-order valence-electron chi connectivity index (χ3n) is 4.52. The molecule has 1 aliphatic heterocycles. The van der Waals surface area contributed by atoms with Crippen LogP contribution in [0.5, 0.6) is 0 Å². The van der Waals surface area contributed by atoms with E-state index in [2.05, 4.69) is 5.32 Å².